The van der Waals surface area contributed by atoms with Crippen molar-refractivity contribution in [3.05, 3.63) is 71.0 Å². The summed E-state index contributed by atoms with van der Waals surface area (Å²) in [4.78, 5) is 26.0. The highest BCUT2D eigenvalue weighted by molar-refractivity contribution is 7.98. The molecule has 2 aromatic carbocycles. The van der Waals surface area contributed by atoms with Gasteiger partial charge in [0.1, 0.15) is 11.8 Å². The molecule has 144 valence electrons. The van der Waals surface area contributed by atoms with Crippen molar-refractivity contribution in [3.8, 4) is 17.0 Å². The monoisotopic (exact) mass is 395 g/mol. The van der Waals surface area contributed by atoms with E-state index in [4.69, 9.17) is 4.74 Å². The maximum absolute atomic E-state index is 12.6. The number of rotatable bonds is 6. The zero-order valence-corrected chi connectivity index (χ0v) is 16.7. The zero-order valence-electron chi connectivity index (χ0n) is 15.9. The summed E-state index contributed by atoms with van der Waals surface area (Å²) in [6.07, 6.45) is 1.99. The normalized spacial score (nSPS) is 11.7. The summed E-state index contributed by atoms with van der Waals surface area (Å²) >= 11 is 1.63. The molecule has 1 heterocycles. The molecular weight excluding hydrogens is 374 g/mol. The van der Waals surface area contributed by atoms with Gasteiger partial charge in [0.05, 0.1) is 12.8 Å². The standard InChI is InChI=1S/C21H21N3O3S/c1-14(21(26)22-16-6-10-18(28-3)11-7-16)24-20(25)13-12-19(23-24)15-4-8-17(27-2)9-5-15/h4-14H,1-3H3,(H,22,26). The average molecular weight is 395 g/mol. The molecule has 3 rings (SSSR count). The van der Waals surface area contributed by atoms with Crippen molar-refractivity contribution >= 4 is 23.4 Å². The topological polar surface area (TPSA) is 73.2 Å². The lowest BCUT2D eigenvalue weighted by molar-refractivity contribution is -0.119. The van der Waals surface area contributed by atoms with Crippen molar-refractivity contribution in [3.63, 3.8) is 0 Å². The van der Waals surface area contributed by atoms with Crippen LogP contribution in [0.25, 0.3) is 11.3 Å². The Balaban J connectivity index is 1.82. The number of carbonyl (C=O) groups is 1. The number of hydrogen-bond donors (Lipinski definition) is 1. The largest absolute Gasteiger partial charge is 0.497 e. The van der Waals surface area contributed by atoms with E-state index in [-0.39, 0.29) is 11.5 Å². The minimum atomic E-state index is -0.758. The first kappa shape index (κ1) is 19.7. The fourth-order valence-corrected chi connectivity index (χ4v) is 3.06. The molecule has 6 nitrogen and oxygen atoms in total. The van der Waals surface area contributed by atoms with E-state index < -0.39 is 6.04 Å². The number of hydrogen-bond acceptors (Lipinski definition) is 5. The van der Waals surface area contributed by atoms with Crippen LogP contribution in [0.1, 0.15) is 13.0 Å². The molecular formula is C21H21N3O3S. The van der Waals surface area contributed by atoms with E-state index >= 15 is 0 Å². The molecule has 0 spiro atoms. The molecule has 1 amide bonds. The molecule has 28 heavy (non-hydrogen) atoms. The van der Waals surface area contributed by atoms with Crippen molar-refractivity contribution in [1.29, 1.82) is 0 Å². The Hall–Kier alpha value is -3.06. The Morgan fingerprint density at radius 3 is 2.36 bits per heavy atom. The van der Waals surface area contributed by atoms with Gasteiger partial charge < -0.3 is 10.1 Å². The van der Waals surface area contributed by atoms with Gasteiger partial charge in [-0.25, -0.2) is 4.68 Å². The fourth-order valence-electron chi connectivity index (χ4n) is 2.65. The van der Waals surface area contributed by atoms with Crippen LogP contribution in [-0.2, 0) is 4.79 Å². The second-order valence-corrected chi connectivity index (χ2v) is 7.00. The molecule has 0 fully saturated rings. The Morgan fingerprint density at radius 1 is 1.07 bits per heavy atom. The number of thioether (sulfide) groups is 1. The van der Waals surface area contributed by atoms with E-state index in [0.29, 0.717) is 11.4 Å². The molecule has 1 N–H and O–H groups in total. The van der Waals surface area contributed by atoms with Crippen LogP contribution in [0.4, 0.5) is 5.69 Å². The lowest BCUT2D eigenvalue weighted by Gasteiger charge is -2.15. The Labute approximate surface area is 167 Å². The summed E-state index contributed by atoms with van der Waals surface area (Å²) in [6.45, 7) is 1.65. The molecule has 0 bridgehead atoms. The van der Waals surface area contributed by atoms with E-state index in [1.807, 2.05) is 54.8 Å². The van der Waals surface area contributed by atoms with Crippen LogP contribution in [-0.4, -0.2) is 29.1 Å². The van der Waals surface area contributed by atoms with Gasteiger partial charge in [-0.05, 0) is 67.8 Å². The molecule has 7 heteroatoms. The SMILES string of the molecule is COc1ccc(-c2ccc(=O)n(C(C)C(=O)Nc3ccc(SC)cc3)n2)cc1. The van der Waals surface area contributed by atoms with Crippen LogP contribution < -0.4 is 15.6 Å². The van der Waals surface area contributed by atoms with Gasteiger partial charge in [-0.3, -0.25) is 9.59 Å². The van der Waals surface area contributed by atoms with Crippen LogP contribution in [0, 0.1) is 0 Å². The van der Waals surface area contributed by atoms with Crippen LogP contribution in [0.15, 0.2) is 70.4 Å². The van der Waals surface area contributed by atoms with Gasteiger partial charge >= 0.3 is 0 Å². The first-order valence-corrected chi connectivity index (χ1v) is 9.93. The highest BCUT2D eigenvalue weighted by atomic mass is 32.2. The van der Waals surface area contributed by atoms with E-state index in [1.54, 1.807) is 31.9 Å². The van der Waals surface area contributed by atoms with Crippen LogP contribution in [0.3, 0.4) is 0 Å². The molecule has 1 aromatic heterocycles. The molecule has 0 saturated heterocycles. The predicted octanol–water partition coefficient (Wildman–Crippen LogP) is 3.84. The first-order valence-electron chi connectivity index (χ1n) is 8.71. The smallest absolute Gasteiger partial charge is 0.267 e. The highest BCUT2D eigenvalue weighted by Gasteiger charge is 2.18. The molecule has 0 aliphatic rings. The van der Waals surface area contributed by atoms with Gasteiger partial charge in [0, 0.05) is 22.2 Å². The van der Waals surface area contributed by atoms with Gasteiger partial charge in [-0.15, -0.1) is 11.8 Å². The number of amides is 1. The van der Waals surface area contributed by atoms with Crippen molar-refractivity contribution in [2.45, 2.75) is 17.9 Å². The highest BCUT2D eigenvalue weighted by Crippen LogP contribution is 2.21. The second-order valence-electron chi connectivity index (χ2n) is 6.12. The lowest BCUT2D eigenvalue weighted by atomic mass is 10.1. The minimum Gasteiger partial charge on any atom is -0.497 e. The number of carbonyl (C=O) groups excluding carboxylic acids is 1. The molecule has 0 aliphatic carbocycles. The molecule has 0 aliphatic heterocycles. The van der Waals surface area contributed by atoms with E-state index in [0.717, 1.165) is 16.2 Å². The lowest BCUT2D eigenvalue weighted by Crippen LogP contribution is -2.33. The molecule has 1 unspecified atom stereocenters. The number of ether oxygens (including phenoxy) is 1. The quantitative estimate of drug-likeness (QED) is 0.642. The van der Waals surface area contributed by atoms with Crippen molar-refractivity contribution in [2.24, 2.45) is 0 Å². The predicted molar refractivity (Wildman–Crippen MR) is 112 cm³/mol. The molecule has 1 atom stereocenters. The van der Waals surface area contributed by atoms with E-state index in [1.165, 1.54) is 10.7 Å². The van der Waals surface area contributed by atoms with Crippen LogP contribution >= 0.6 is 11.8 Å². The van der Waals surface area contributed by atoms with Crippen molar-refractivity contribution in [2.75, 3.05) is 18.7 Å². The average Bonchev–Trinajstić information content (AvgIpc) is 2.74. The summed E-state index contributed by atoms with van der Waals surface area (Å²) in [5.41, 5.74) is 1.77. The molecule has 3 aromatic rings. The summed E-state index contributed by atoms with van der Waals surface area (Å²) in [6, 6.07) is 17.2. The second kappa shape index (κ2) is 8.75. The third-order valence-electron chi connectivity index (χ3n) is 4.31. The van der Waals surface area contributed by atoms with E-state index in [2.05, 4.69) is 10.4 Å². The first-order chi connectivity index (χ1) is 13.5. The van der Waals surface area contributed by atoms with Gasteiger partial charge in [0.15, 0.2) is 0 Å². The summed E-state index contributed by atoms with van der Waals surface area (Å²) in [7, 11) is 1.60. The minimum absolute atomic E-state index is 0.307. The molecule has 0 saturated carbocycles. The van der Waals surface area contributed by atoms with Crippen molar-refractivity contribution in [1.82, 2.24) is 9.78 Å². The van der Waals surface area contributed by atoms with Crippen molar-refractivity contribution < 1.29 is 9.53 Å². The van der Waals surface area contributed by atoms with Crippen LogP contribution in [0.5, 0.6) is 5.75 Å². The van der Waals surface area contributed by atoms with Gasteiger partial charge in [0.2, 0.25) is 5.91 Å². The summed E-state index contributed by atoms with van der Waals surface area (Å²) < 4.78 is 6.36. The van der Waals surface area contributed by atoms with Gasteiger partial charge in [-0.1, -0.05) is 0 Å². The number of nitrogens with zero attached hydrogens (tertiary/aromatic N) is 2. The Bertz CT molecular complexity index is 1010. The number of benzene rings is 2. The third kappa shape index (κ3) is 4.43. The summed E-state index contributed by atoms with van der Waals surface area (Å²) in [5.74, 6) is 0.427. The maximum atomic E-state index is 12.6. The van der Waals surface area contributed by atoms with Crippen LogP contribution in [0.2, 0.25) is 0 Å². The van der Waals surface area contributed by atoms with E-state index in [9.17, 15) is 9.59 Å². The number of aromatic nitrogens is 2. The number of nitrogens with one attached hydrogen (secondary N) is 1. The molecule has 0 radical (unpaired) electrons. The number of methoxy groups -OCH3 is 1. The zero-order chi connectivity index (χ0) is 20.1. The third-order valence-corrected chi connectivity index (χ3v) is 5.06. The maximum Gasteiger partial charge on any atom is 0.267 e. The summed E-state index contributed by atoms with van der Waals surface area (Å²) in [5, 5.41) is 7.22. The Kier molecular flexibility index (Phi) is 6.16. The number of anilines is 1. The van der Waals surface area contributed by atoms with Gasteiger partial charge in [-0.2, -0.15) is 5.10 Å². The Morgan fingerprint density at radius 2 is 1.75 bits per heavy atom. The fraction of sp³-hybridized carbons (Fsp3) is 0.190. The van der Waals surface area contributed by atoms with Gasteiger partial charge in [0.25, 0.3) is 5.56 Å².